The van der Waals surface area contributed by atoms with E-state index in [2.05, 4.69) is 17.9 Å². The minimum Gasteiger partial charge on any atom is -0.493 e. The van der Waals surface area contributed by atoms with Gasteiger partial charge in [0.05, 0.1) is 19.1 Å². The topological polar surface area (TPSA) is 116 Å². The molecule has 1 aromatic rings. The van der Waals surface area contributed by atoms with Gasteiger partial charge in [-0.3, -0.25) is 19.3 Å². The Morgan fingerprint density at radius 2 is 2.05 bits per heavy atom. The lowest BCUT2D eigenvalue weighted by Gasteiger charge is -2.30. The third-order valence-corrected chi connectivity index (χ3v) is 8.15. The highest BCUT2D eigenvalue weighted by atomic mass is 16.5. The molecule has 0 saturated carbocycles. The molecule has 37 heavy (non-hydrogen) atoms. The van der Waals surface area contributed by atoms with Crippen LogP contribution in [0.4, 0.5) is 0 Å². The second-order valence-corrected chi connectivity index (χ2v) is 10.6. The van der Waals surface area contributed by atoms with E-state index < -0.39 is 11.9 Å². The van der Waals surface area contributed by atoms with Crippen molar-refractivity contribution in [1.82, 2.24) is 14.7 Å². The summed E-state index contributed by atoms with van der Waals surface area (Å²) in [5, 5.41) is 10.4. The van der Waals surface area contributed by atoms with E-state index in [1.54, 1.807) is 0 Å². The smallest absolute Gasteiger partial charge is 0.308 e. The number of nitrogens with two attached hydrogens (primary N) is 1. The zero-order valence-electron chi connectivity index (χ0n) is 22.1. The third-order valence-electron chi connectivity index (χ3n) is 8.15. The van der Waals surface area contributed by atoms with Gasteiger partial charge in [0.2, 0.25) is 11.8 Å². The summed E-state index contributed by atoms with van der Waals surface area (Å²) in [6.45, 7) is 6.43. The second kappa shape index (κ2) is 12.7. The summed E-state index contributed by atoms with van der Waals surface area (Å²) < 4.78 is 5.66. The highest BCUT2D eigenvalue weighted by molar-refractivity contribution is 5.79. The molecule has 0 bridgehead atoms. The molecule has 9 heteroatoms. The molecule has 3 aliphatic heterocycles. The Bertz CT molecular complexity index is 970. The van der Waals surface area contributed by atoms with Crippen molar-refractivity contribution in [3.05, 3.63) is 29.3 Å². The normalized spacial score (nSPS) is 23.4. The van der Waals surface area contributed by atoms with E-state index in [1.165, 1.54) is 0 Å². The Morgan fingerprint density at radius 3 is 2.76 bits per heavy atom. The number of likely N-dealkylation sites (tertiary alicyclic amines) is 2. The summed E-state index contributed by atoms with van der Waals surface area (Å²) in [6, 6.07) is 5.75. The number of fused-ring (bicyclic) bond motifs is 1. The standard InChI is InChI=1S/C28H42N4O5/c1-2-3-12-31(15-11-29)26(34)19-32-18-22(20-8-9-24-21(17-20)10-16-37-24)27(28(35)36)23(32)6-4-13-30-14-5-7-25(30)33/h8-9,17,22-23,27H,2-7,10-16,18-19,29H2,1H3,(H,35,36)/t22-,23+,27-/m1/s1. The number of nitrogens with zero attached hydrogens (tertiary/aromatic N) is 3. The van der Waals surface area contributed by atoms with E-state index in [9.17, 15) is 19.5 Å². The Balaban J connectivity index is 1.54. The third kappa shape index (κ3) is 6.44. The van der Waals surface area contributed by atoms with Crippen molar-refractivity contribution in [3.8, 4) is 5.75 Å². The number of benzene rings is 1. The maximum Gasteiger partial charge on any atom is 0.308 e. The van der Waals surface area contributed by atoms with Gasteiger partial charge in [-0.05, 0) is 42.9 Å². The summed E-state index contributed by atoms with van der Waals surface area (Å²) in [4.78, 5) is 43.9. The number of carbonyl (C=O) groups is 3. The average Bonchev–Trinajstić information content (AvgIpc) is 3.60. The van der Waals surface area contributed by atoms with Crippen molar-refractivity contribution in [2.75, 3.05) is 52.4 Å². The lowest BCUT2D eigenvalue weighted by atomic mass is 9.83. The molecular formula is C28H42N4O5. The first kappa shape index (κ1) is 27.4. The number of amides is 2. The highest BCUT2D eigenvalue weighted by Crippen LogP contribution is 2.41. The number of aliphatic carboxylic acids is 1. The van der Waals surface area contributed by atoms with Gasteiger partial charge in [-0.15, -0.1) is 0 Å². The first-order valence-electron chi connectivity index (χ1n) is 13.9. The number of hydrogen-bond acceptors (Lipinski definition) is 6. The minimum absolute atomic E-state index is 0.00534. The monoisotopic (exact) mass is 514 g/mol. The molecule has 3 aliphatic rings. The summed E-state index contributed by atoms with van der Waals surface area (Å²) in [7, 11) is 0. The molecule has 0 aromatic heterocycles. The molecule has 3 atom stereocenters. The molecule has 4 rings (SSSR count). The van der Waals surface area contributed by atoms with Crippen LogP contribution in [-0.4, -0.2) is 96.1 Å². The van der Waals surface area contributed by atoms with E-state index in [-0.39, 0.29) is 30.3 Å². The average molecular weight is 515 g/mol. The number of hydrogen-bond donors (Lipinski definition) is 2. The quantitative estimate of drug-likeness (QED) is 0.414. The first-order valence-corrected chi connectivity index (χ1v) is 13.9. The Kier molecular flexibility index (Phi) is 9.43. The SMILES string of the molecule is CCCCN(CCN)C(=O)CN1C[C@H](c2ccc3c(c2)CCO3)[C@@H](C(=O)O)[C@@H]1CCCN1CCCC1=O. The van der Waals surface area contributed by atoms with Crippen molar-refractivity contribution in [2.24, 2.45) is 11.7 Å². The van der Waals surface area contributed by atoms with E-state index in [4.69, 9.17) is 10.5 Å². The van der Waals surface area contributed by atoms with Crippen molar-refractivity contribution in [3.63, 3.8) is 0 Å². The number of unbranched alkanes of at least 4 members (excludes halogenated alkanes) is 1. The maximum atomic E-state index is 13.4. The Morgan fingerprint density at radius 1 is 1.22 bits per heavy atom. The molecule has 0 unspecified atom stereocenters. The highest BCUT2D eigenvalue weighted by Gasteiger charge is 2.47. The van der Waals surface area contributed by atoms with Gasteiger partial charge in [0.25, 0.3) is 0 Å². The van der Waals surface area contributed by atoms with Gasteiger partial charge in [0.1, 0.15) is 5.75 Å². The van der Waals surface area contributed by atoms with Crippen LogP contribution in [0.5, 0.6) is 5.75 Å². The lowest BCUT2D eigenvalue weighted by Crippen LogP contribution is -2.45. The molecule has 0 spiro atoms. The van der Waals surface area contributed by atoms with Crippen molar-refractivity contribution >= 4 is 17.8 Å². The van der Waals surface area contributed by atoms with Crippen LogP contribution in [0.2, 0.25) is 0 Å². The summed E-state index contributed by atoms with van der Waals surface area (Å²) in [5.41, 5.74) is 7.90. The zero-order valence-corrected chi connectivity index (χ0v) is 22.1. The molecule has 9 nitrogen and oxygen atoms in total. The molecule has 204 valence electrons. The molecule has 1 aromatic carbocycles. The van der Waals surface area contributed by atoms with Crippen molar-refractivity contribution in [1.29, 1.82) is 0 Å². The minimum atomic E-state index is -0.830. The van der Waals surface area contributed by atoms with Crippen LogP contribution >= 0.6 is 0 Å². The van der Waals surface area contributed by atoms with Crippen LogP contribution in [0.15, 0.2) is 18.2 Å². The first-order chi connectivity index (χ1) is 17.9. The number of carboxylic acid groups (broad SMARTS) is 1. The van der Waals surface area contributed by atoms with Crippen LogP contribution in [0.3, 0.4) is 0 Å². The van der Waals surface area contributed by atoms with Crippen molar-refractivity contribution < 1.29 is 24.2 Å². The second-order valence-electron chi connectivity index (χ2n) is 10.6. The molecule has 3 heterocycles. The molecule has 2 saturated heterocycles. The van der Waals surface area contributed by atoms with Crippen LogP contribution in [0.1, 0.15) is 62.5 Å². The molecule has 2 fully saturated rings. The molecular weight excluding hydrogens is 472 g/mol. The fourth-order valence-electron chi connectivity index (χ4n) is 6.20. The molecule has 0 aliphatic carbocycles. The number of rotatable bonds is 13. The van der Waals surface area contributed by atoms with Crippen molar-refractivity contribution in [2.45, 2.75) is 63.8 Å². The van der Waals surface area contributed by atoms with E-state index in [1.807, 2.05) is 21.9 Å². The molecule has 3 N–H and O–H groups in total. The number of carboxylic acids is 1. The predicted octanol–water partition coefficient (Wildman–Crippen LogP) is 2.08. The lowest BCUT2D eigenvalue weighted by molar-refractivity contribution is -0.144. The van der Waals surface area contributed by atoms with Gasteiger partial charge in [0.15, 0.2) is 0 Å². The van der Waals surface area contributed by atoms with E-state index >= 15 is 0 Å². The maximum absolute atomic E-state index is 13.4. The summed E-state index contributed by atoms with van der Waals surface area (Å²) in [6.07, 6.45) is 5.56. The summed E-state index contributed by atoms with van der Waals surface area (Å²) >= 11 is 0. The van der Waals surface area contributed by atoms with Gasteiger partial charge >= 0.3 is 5.97 Å². The van der Waals surface area contributed by atoms with Crippen LogP contribution in [-0.2, 0) is 20.8 Å². The van der Waals surface area contributed by atoms with Gasteiger partial charge in [-0.25, -0.2) is 0 Å². The number of carbonyl (C=O) groups excluding carboxylic acids is 2. The van der Waals surface area contributed by atoms with E-state index in [0.717, 1.165) is 55.5 Å². The largest absolute Gasteiger partial charge is 0.493 e. The summed E-state index contributed by atoms with van der Waals surface area (Å²) in [5.74, 6) is -0.607. The van der Waals surface area contributed by atoms with Gasteiger partial charge in [-0.2, -0.15) is 0 Å². The van der Waals surface area contributed by atoms with E-state index in [0.29, 0.717) is 52.2 Å². The Hall–Kier alpha value is -2.65. The molecule has 0 radical (unpaired) electrons. The van der Waals surface area contributed by atoms with Gasteiger partial charge in [-0.1, -0.05) is 25.5 Å². The fraction of sp³-hybridized carbons (Fsp3) is 0.679. The predicted molar refractivity (Wildman–Crippen MR) is 140 cm³/mol. The van der Waals surface area contributed by atoms with Crippen LogP contribution < -0.4 is 10.5 Å². The van der Waals surface area contributed by atoms with Gasteiger partial charge < -0.3 is 25.4 Å². The molecule has 2 amide bonds. The Labute approximate surface area is 219 Å². The zero-order chi connectivity index (χ0) is 26.4. The number of ether oxygens (including phenoxy) is 1. The van der Waals surface area contributed by atoms with Crippen LogP contribution in [0.25, 0.3) is 0 Å². The fourth-order valence-corrected chi connectivity index (χ4v) is 6.20. The van der Waals surface area contributed by atoms with Crippen LogP contribution in [0, 0.1) is 5.92 Å². The van der Waals surface area contributed by atoms with Gasteiger partial charge in [0, 0.05) is 64.1 Å².